The quantitative estimate of drug-likeness (QED) is 0.441. The van der Waals surface area contributed by atoms with E-state index in [-0.39, 0.29) is 28.2 Å². The molecule has 0 aromatic carbocycles. The number of nitrogens with one attached hydrogen (secondary N) is 1. The number of hydrogen-bond donors (Lipinski definition) is 2. The Morgan fingerprint density at radius 2 is 2.00 bits per heavy atom. The minimum Gasteiger partial charge on any atom is -0.476 e. The number of ether oxygens (including phenoxy) is 1. The van der Waals surface area contributed by atoms with E-state index < -0.39 is 10.0 Å². The monoisotopic (exact) mass is 539 g/mol. The van der Waals surface area contributed by atoms with Crippen molar-refractivity contribution in [3.8, 4) is 11.7 Å². The topological polar surface area (TPSA) is 128 Å². The Morgan fingerprint density at radius 3 is 2.68 bits per heavy atom. The molecule has 1 unspecified atom stereocenters. The van der Waals surface area contributed by atoms with E-state index in [9.17, 15) is 8.42 Å². The number of hydrogen-bond acceptors (Lipinski definition) is 8. The molecule has 38 heavy (non-hydrogen) atoms. The summed E-state index contributed by atoms with van der Waals surface area (Å²) in [6, 6.07) is 8.63. The highest BCUT2D eigenvalue weighted by atomic mass is 32.2. The Morgan fingerprint density at radius 1 is 1.21 bits per heavy atom. The van der Waals surface area contributed by atoms with Crippen molar-refractivity contribution in [2.45, 2.75) is 70.4 Å². The number of rotatable bonds is 8. The third-order valence-corrected chi connectivity index (χ3v) is 8.72. The van der Waals surface area contributed by atoms with Crippen molar-refractivity contribution in [1.82, 2.24) is 24.5 Å². The van der Waals surface area contributed by atoms with E-state index in [1.165, 1.54) is 18.7 Å². The molecule has 3 N–H and O–H groups in total. The van der Waals surface area contributed by atoms with Gasteiger partial charge in [-0.2, -0.15) is 0 Å². The molecule has 10 nitrogen and oxygen atoms in total. The third kappa shape index (κ3) is 5.35. The van der Waals surface area contributed by atoms with Crippen molar-refractivity contribution < 1.29 is 13.2 Å². The van der Waals surface area contributed by atoms with Crippen LogP contribution in [0.2, 0.25) is 0 Å². The van der Waals surface area contributed by atoms with Gasteiger partial charge in [-0.3, -0.25) is 0 Å². The van der Waals surface area contributed by atoms with Gasteiger partial charge in [-0.25, -0.2) is 27.8 Å². The van der Waals surface area contributed by atoms with Gasteiger partial charge >= 0.3 is 0 Å². The average molecular weight is 540 g/mol. The summed E-state index contributed by atoms with van der Waals surface area (Å²) in [6.07, 6.45) is 7.85. The van der Waals surface area contributed by atoms with Crippen LogP contribution in [-0.2, 0) is 16.6 Å². The van der Waals surface area contributed by atoms with Gasteiger partial charge in [0.05, 0.1) is 6.61 Å². The second-order valence-electron chi connectivity index (χ2n) is 11.8. The first-order chi connectivity index (χ1) is 18.0. The predicted octanol–water partition coefficient (Wildman–Crippen LogP) is 3.92. The molecule has 1 saturated heterocycles. The fraction of sp³-hybridized carbons (Fsp3) is 0.519. The van der Waals surface area contributed by atoms with Gasteiger partial charge in [0.15, 0.2) is 5.82 Å². The molecular weight excluding hydrogens is 502 g/mol. The van der Waals surface area contributed by atoms with Gasteiger partial charge in [0.2, 0.25) is 15.9 Å². The molecule has 0 bridgehead atoms. The fourth-order valence-electron chi connectivity index (χ4n) is 5.35. The number of anilines is 2. The van der Waals surface area contributed by atoms with Crippen LogP contribution in [0.15, 0.2) is 47.6 Å². The summed E-state index contributed by atoms with van der Waals surface area (Å²) in [5.41, 5.74) is 6.75. The maximum absolute atomic E-state index is 13.0. The lowest BCUT2D eigenvalue weighted by Crippen LogP contribution is -2.50. The van der Waals surface area contributed by atoms with Crippen molar-refractivity contribution >= 4 is 21.7 Å². The molecule has 2 aliphatic rings. The van der Waals surface area contributed by atoms with E-state index in [0.717, 1.165) is 37.2 Å². The molecule has 0 amide bonds. The smallest absolute Gasteiger partial charge is 0.244 e. The summed E-state index contributed by atoms with van der Waals surface area (Å²) in [6.45, 7) is 10.1. The highest BCUT2D eigenvalue weighted by molar-refractivity contribution is 7.89. The maximum atomic E-state index is 13.0. The average Bonchev–Trinajstić information content (AvgIpc) is 3.46. The summed E-state index contributed by atoms with van der Waals surface area (Å²) in [4.78, 5) is 11.3. The zero-order chi connectivity index (χ0) is 27.1. The molecule has 2 fully saturated rings. The molecule has 204 valence electrons. The summed E-state index contributed by atoms with van der Waals surface area (Å²) in [5.74, 6) is 2.49. The van der Waals surface area contributed by atoms with Gasteiger partial charge in [-0.15, -0.1) is 5.10 Å². The summed E-state index contributed by atoms with van der Waals surface area (Å²) < 4.78 is 36.4. The Hall–Kier alpha value is -3.18. The molecule has 1 atom stereocenters. The molecule has 3 aromatic rings. The van der Waals surface area contributed by atoms with Crippen LogP contribution in [0.3, 0.4) is 0 Å². The van der Waals surface area contributed by atoms with Gasteiger partial charge in [-0.1, -0.05) is 33.8 Å². The second kappa shape index (κ2) is 9.85. The van der Waals surface area contributed by atoms with Crippen LogP contribution in [0.1, 0.15) is 58.9 Å². The summed E-state index contributed by atoms with van der Waals surface area (Å²) in [5, 5.41) is 4.58. The molecule has 1 saturated carbocycles. The van der Waals surface area contributed by atoms with Crippen LogP contribution in [0.5, 0.6) is 5.88 Å². The van der Waals surface area contributed by atoms with Gasteiger partial charge in [-0.05, 0) is 55.2 Å². The van der Waals surface area contributed by atoms with Gasteiger partial charge in [0, 0.05) is 42.7 Å². The number of nitrogens with zero attached hydrogens (tertiary/aromatic N) is 5. The predicted molar refractivity (Wildman–Crippen MR) is 147 cm³/mol. The number of nitrogen functional groups attached to an aromatic ring is 1. The van der Waals surface area contributed by atoms with Gasteiger partial charge in [0.25, 0.3) is 0 Å². The van der Waals surface area contributed by atoms with Crippen LogP contribution in [0.4, 0.5) is 11.6 Å². The number of pyridine rings is 2. The fourth-order valence-corrected chi connectivity index (χ4v) is 6.43. The molecule has 0 radical (unpaired) electrons. The maximum Gasteiger partial charge on any atom is 0.244 e. The second-order valence-corrected chi connectivity index (χ2v) is 13.5. The lowest BCUT2D eigenvalue weighted by molar-refractivity contribution is 0.190. The van der Waals surface area contributed by atoms with Crippen molar-refractivity contribution in [2.75, 3.05) is 23.8 Å². The number of nitrogens with two attached hydrogens (primary N) is 1. The molecule has 4 heterocycles. The molecular formula is C27H37N7O3S. The van der Waals surface area contributed by atoms with E-state index in [4.69, 9.17) is 15.5 Å². The normalized spacial score (nSPS) is 19.1. The Labute approximate surface area is 224 Å². The number of aromatic nitrogens is 4. The third-order valence-electron chi connectivity index (χ3n) is 7.27. The Balaban J connectivity index is 1.46. The lowest BCUT2D eigenvalue weighted by atomic mass is 9.73. The largest absolute Gasteiger partial charge is 0.476 e. The first kappa shape index (κ1) is 26.4. The zero-order valence-corrected chi connectivity index (χ0v) is 23.3. The van der Waals surface area contributed by atoms with Crippen LogP contribution in [-0.4, -0.2) is 46.9 Å². The first-order valence-electron chi connectivity index (χ1n) is 13.1. The van der Waals surface area contributed by atoms with E-state index in [1.54, 1.807) is 10.7 Å². The highest BCUT2D eigenvalue weighted by Gasteiger charge is 2.49. The van der Waals surface area contributed by atoms with E-state index in [1.807, 2.05) is 24.4 Å². The minimum atomic E-state index is -3.86. The van der Waals surface area contributed by atoms with Crippen LogP contribution in [0, 0.1) is 11.3 Å². The SMILES string of the molecule is CC1CN(c2nc(-n3ccc(OCC(C)(C)C)n3)ccc2CNS(=O)(=O)c2cccnc2N)C2(CCC2)C1. The zero-order valence-electron chi connectivity index (χ0n) is 22.5. The number of sulfonamides is 1. The van der Waals surface area contributed by atoms with Crippen LogP contribution < -0.4 is 20.1 Å². The van der Waals surface area contributed by atoms with Crippen molar-refractivity contribution in [2.24, 2.45) is 11.3 Å². The molecule has 1 spiro atoms. The van der Waals surface area contributed by atoms with Crippen LogP contribution in [0.25, 0.3) is 5.82 Å². The van der Waals surface area contributed by atoms with E-state index in [0.29, 0.717) is 24.2 Å². The molecule has 5 rings (SSSR count). The van der Waals surface area contributed by atoms with Crippen molar-refractivity contribution in [3.63, 3.8) is 0 Å². The summed E-state index contributed by atoms with van der Waals surface area (Å²) in [7, 11) is -3.86. The standard InChI is InChI=1S/C27H37N7O3S/c1-19-15-27(11-6-12-27)33(17-19)25-20(16-30-38(35,36)21-7-5-13-29-24(21)28)8-9-22(31-25)34-14-10-23(32-34)37-18-26(2,3)4/h5,7-10,13-14,19,30H,6,11-12,15-18H2,1-4H3,(H2,28,29). The molecule has 3 aromatic heterocycles. The minimum absolute atomic E-state index is 0.0220. The lowest BCUT2D eigenvalue weighted by Gasteiger charge is -2.47. The van der Waals surface area contributed by atoms with Gasteiger partial charge < -0.3 is 15.4 Å². The molecule has 1 aliphatic heterocycles. The first-order valence-corrected chi connectivity index (χ1v) is 14.6. The summed E-state index contributed by atoms with van der Waals surface area (Å²) >= 11 is 0. The van der Waals surface area contributed by atoms with Gasteiger partial charge in [0.1, 0.15) is 16.5 Å². The van der Waals surface area contributed by atoms with Crippen LogP contribution >= 0.6 is 0 Å². The van der Waals surface area contributed by atoms with Crippen molar-refractivity contribution in [1.29, 1.82) is 0 Å². The molecule has 11 heteroatoms. The molecule has 1 aliphatic carbocycles. The van der Waals surface area contributed by atoms with E-state index in [2.05, 4.69) is 47.4 Å². The van der Waals surface area contributed by atoms with E-state index >= 15 is 0 Å². The Kier molecular flexibility index (Phi) is 6.85. The Bertz CT molecular complexity index is 1410. The van der Waals surface area contributed by atoms with Crippen molar-refractivity contribution in [3.05, 3.63) is 48.3 Å². The highest BCUT2D eigenvalue weighted by Crippen LogP contribution is 2.49.